The van der Waals surface area contributed by atoms with E-state index in [0.29, 0.717) is 0 Å². The third kappa shape index (κ3) is 1.95. The smallest absolute Gasteiger partial charge is 0.0863 e. The molecule has 0 aromatic carbocycles. The van der Waals surface area contributed by atoms with E-state index in [9.17, 15) is 0 Å². The highest BCUT2D eigenvalue weighted by Crippen LogP contribution is 2.17. The Balaban J connectivity index is 2.41. The molecule has 0 aromatic rings. The summed E-state index contributed by atoms with van der Waals surface area (Å²) >= 11 is 0. The molecule has 0 aromatic heterocycles. The van der Waals surface area contributed by atoms with Gasteiger partial charge in [-0.3, -0.25) is 0 Å². The van der Waals surface area contributed by atoms with Crippen molar-refractivity contribution >= 4 is 0 Å². The maximum absolute atomic E-state index is 5.55. The largest absolute Gasteiger partial charge is 0.376 e. The Labute approximate surface area is 56.2 Å². The van der Waals surface area contributed by atoms with E-state index in [1.54, 1.807) is 0 Å². The lowest BCUT2D eigenvalue weighted by molar-refractivity contribution is -0.175. The zero-order valence-electron chi connectivity index (χ0n) is 6.31. The summed E-state index contributed by atoms with van der Waals surface area (Å²) in [4.78, 5) is 0. The average Bonchev–Trinajstić information content (AvgIpc) is 1.60. The van der Waals surface area contributed by atoms with E-state index < -0.39 is 0 Å². The van der Waals surface area contributed by atoms with Crippen LogP contribution in [-0.2, 0) is 9.47 Å². The van der Waals surface area contributed by atoms with Crippen LogP contribution in [0.4, 0.5) is 0 Å². The predicted molar refractivity (Wildman–Crippen MR) is 35.4 cm³/mol. The first-order chi connectivity index (χ1) is 4.10. The van der Waals surface area contributed by atoms with E-state index in [2.05, 4.69) is 0 Å². The van der Waals surface area contributed by atoms with Crippen molar-refractivity contribution in [1.29, 1.82) is 0 Å². The molecule has 1 saturated heterocycles. The van der Waals surface area contributed by atoms with E-state index in [-0.39, 0.29) is 11.7 Å². The molecule has 1 unspecified atom stereocenters. The van der Waals surface area contributed by atoms with Gasteiger partial charge in [-0.15, -0.1) is 0 Å². The number of ether oxygens (including phenoxy) is 2. The van der Waals surface area contributed by atoms with E-state index in [4.69, 9.17) is 9.47 Å². The first-order valence-electron chi connectivity index (χ1n) is 3.36. The average molecular weight is 130 g/mol. The summed E-state index contributed by atoms with van der Waals surface area (Å²) in [5, 5.41) is 0. The van der Waals surface area contributed by atoms with Crippen LogP contribution >= 0.6 is 0 Å². The summed E-state index contributed by atoms with van der Waals surface area (Å²) in [5.41, 5.74) is -0.0718. The minimum Gasteiger partial charge on any atom is -0.376 e. The third-order valence-corrected chi connectivity index (χ3v) is 1.32. The molecule has 1 rings (SSSR count). The van der Waals surface area contributed by atoms with Gasteiger partial charge in [-0.05, 0) is 20.8 Å². The highest BCUT2D eigenvalue weighted by molar-refractivity contribution is 4.73. The monoisotopic (exact) mass is 130 g/mol. The van der Waals surface area contributed by atoms with Gasteiger partial charge in [0, 0.05) is 0 Å². The fourth-order valence-corrected chi connectivity index (χ4v) is 1.08. The van der Waals surface area contributed by atoms with Crippen molar-refractivity contribution in [2.24, 2.45) is 0 Å². The number of hydrogen-bond acceptors (Lipinski definition) is 2. The lowest BCUT2D eigenvalue weighted by atomic mass is 10.1. The van der Waals surface area contributed by atoms with Gasteiger partial charge in [0.05, 0.1) is 24.9 Å². The molecule has 9 heavy (non-hydrogen) atoms. The molecule has 1 atom stereocenters. The molecule has 0 N–H and O–H groups in total. The maximum atomic E-state index is 5.55. The Bertz CT molecular complexity index is 99.1. The Morgan fingerprint density at radius 1 is 1.44 bits per heavy atom. The van der Waals surface area contributed by atoms with Gasteiger partial charge in [0.1, 0.15) is 0 Å². The highest BCUT2D eigenvalue weighted by atomic mass is 16.6. The Kier molecular flexibility index (Phi) is 1.78. The zero-order chi connectivity index (χ0) is 6.91. The Morgan fingerprint density at radius 3 is 2.44 bits per heavy atom. The second-order valence-corrected chi connectivity index (χ2v) is 3.20. The van der Waals surface area contributed by atoms with Crippen molar-refractivity contribution in [2.75, 3.05) is 13.2 Å². The van der Waals surface area contributed by atoms with Crippen molar-refractivity contribution in [2.45, 2.75) is 32.5 Å². The molecule has 0 spiro atoms. The van der Waals surface area contributed by atoms with Gasteiger partial charge in [-0.1, -0.05) is 0 Å². The molecule has 0 amide bonds. The van der Waals surface area contributed by atoms with E-state index in [1.165, 1.54) is 0 Å². The topological polar surface area (TPSA) is 18.5 Å². The second-order valence-electron chi connectivity index (χ2n) is 3.20. The normalized spacial score (nSPS) is 34.3. The first kappa shape index (κ1) is 7.03. The molecule has 2 heteroatoms. The van der Waals surface area contributed by atoms with Crippen LogP contribution in [0.3, 0.4) is 0 Å². The molecule has 1 aliphatic rings. The van der Waals surface area contributed by atoms with E-state index >= 15 is 0 Å². The van der Waals surface area contributed by atoms with Crippen LogP contribution < -0.4 is 0 Å². The van der Waals surface area contributed by atoms with E-state index in [0.717, 1.165) is 13.2 Å². The predicted octanol–water partition coefficient (Wildman–Crippen LogP) is 1.20. The number of hydrogen-bond donors (Lipinski definition) is 0. The van der Waals surface area contributed by atoms with Gasteiger partial charge in [-0.2, -0.15) is 0 Å². The fourth-order valence-electron chi connectivity index (χ4n) is 1.08. The SMILES string of the molecule is CC1COCC(C)(C)O1. The molecule has 0 radical (unpaired) electrons. The molecule has 0 bridgehead atoms. The van der Waals surface area contributed by atoms with Gasteiger partial charge < -0.3 is 9.47 Å². The van der Waals surface area contributed by atoms with Crippen LogP contribution in [0.15, 0.2) is 0 Å². The number of rotatable bonds is 0. The summed E-state index contributed by atoms with van der Waals surface area (Å²) in [6, 6.07) is 0. The quantitative estimate of drug-likeness (QED) is 0.490. The van der Waals surface area contributed by atoms with Gasteiger partial charge in [0.2, 0.25) is 0 Å². The molecular weight excluding hydrogens is 116 g/mol. The van der Waals surface area contributed by atoms with Crippen LogP contribution in [-0.4, -0.2) is 24.9 Å². The summed E-state index contributed by atoms with van der Waals surface area (Å²) < 4.78 is 10.8. The van der Waals surface area contributed by atoms with Crippen molar-refractivity contribution in [1.82, 2.24) is 0 Å². The van der Waals surface area contributed by atoms with Crippen LogP contribution in [0.5, 0.6) is 0 Å². The van der Waals surface area contributed by atoms with Crippen molar-refractivity contribution in [3.8, 4) is 0 Å². The molecule has 1 fully saturated rings. The first-order valence-corrected chi connectivity index (χ1v) is 3.36. The molecule has 1 heterocycles. The van der Waals surface area contributed by atoms with Crippen LogP contribution in [0, 0.1) is 0 Å². The Morgan fingerprint density at radius 2 is 2.11 bits per heavy atom. The van der Waals surface area contributed by atoms with Crippen molar-refractivity contribution in [3.63, 3.8) is 0 Å². The van der Waals surface area contributed by atoms with Crippen LogP contribution in [0.1, 0.15) is 20.8 Å². The maximum Gasteiger partial charge on any atom is 0.0863 e. The van der Waals surface area contributed by atoms with Crippen LogP contribution in [0.25, 0.3) is 0 Å². The summed E-state index contributed by atoms with van der Waals surface area (Å²) in [7, 11) is 0. The highest BCUT2D eigenvalue weighted by Gasteiger charge is 2.26. The standard InChI is InChI=1S/C7H14O2/c1-6-4-8-5-7(2,3)9-6/h6H,4-5H2,1-3H3. The molecule has 0 saturated carbocycles. The summed E-state index contributed by atoms with van der Waals surface area (Å²) in [5.74, 6) is 0. The van der Waals surface area contributed by atoms with E-state index in [1.807, 2.05) is 20.8 Å². The fraction of sp³-hybridized carbons (Fsp3) is 1.00. The minimum absolute atomic E-state index is 0.0718. The molecule has 54 valence electrons. The molecular formula is C7H14O2. The van der Waals surface area contributed by atoms with Crippen LogP contribution in [0.2, 0.25) is 0 Å². The molecule has 2 nitrogen and oxygen atoms in total. The zero-order valence-corrected chi connectivity index (χ0v) is 6.31. The van der Waals surface area contributed by atoms with Crippen molar-refractivity contribution in [3.05, 3.63) is 0 Å². The molecule has 0 aliphatic carbocycles. The summed E-state index contributed by atoms with van der Waals surface area (Å²) in [6.45, 7) is 7.58. The van der Waals surface area contributed by atoms with Gasteiger partial charge in [0.25, 0.3) is 0 Å². The lowest BCUT2D eigenvalue weighted by Crippen LogP contribution is -2.41. The van der Waals surface area contributed by atoms with Gasteiger partial charge >= 0.3 is 0 Å². The van der Waals surface area contributed by atoms with Gasteiger partial charge in [0.15, 0.2) is 0 Å². The third-order valence-electron chi connectivity index (χ3n) is 1.32. The van der Waals surface area contributed by atoms with Crippen molar-refractivity contribution < 1.29 is 9.47 Å². The van der Waals surface area contributed by atoms with Gasteiger partial charge in [-0.25, -0.2) is 0 Å². The lowest BCUT2D eigenvalue weighted by Gasteiger charge is -2.34. The Hall–Kier alpha value is -0.0800. The minimum atomic E-state index is -0.0718. The molecule has 1 aliphatic heterocycles. The summed E-state index contributed by atoms with van der Waals surface area (Å²) in [6.07, 6.45) is 0.258. The second kappa shape index (κ2) is 2.27.